The van der Waals surface area contributed by atoms with Crippen LogP contribution in [0.3, 0.4) is 0 Å². The second-order valence-electron chi connectivity index (χ2n) is 8.35. The van der Waals surface area contributed by atoms with Crippen LogP contribution in [0.5, 0.6) is 0 Å². The molecule has 192 valence electrons. The smallest absolute Gasteiger partial charge is 0.281 e. The highest BCUT2D eigenvalue weighted by Gasteiger charge is 2.24. The van der Waals surface area contributed by atoms with Crippen molar-refractivity contribution in [1.29, 1.82) is 0 Å². The first kappa shape index (κ1) is 25.5. The summed E-state index contributed by atoms with van der Waals surface area (Å²) in [5, 5.41) is 3.38. The van der Waals surface area contributed by atoms with Gasteiger partial charge in [0.25, 0.3) is 21.5 Å². The van der Waals surface area contributed by atoms with E-state index in [-0.39, 0.29) is 21.8 Å². The van der Waals surface area contributed by atoms with Crippen molar-refractivity contribution in [3.05, 3.63) is 105 Å². The predicted molar refractivity (Wildman–Crippen MR) is 151 cm³/mol. The third-order valence-corrected chi connectivity index (χ3v) is 8.29. The van der Waals surface area contributed by atoms with Crippen molar-refractivity contribution in [2.24, 2.45) is 0 Å². The number of amides is 1. The lowest BCUT2D eigenvalue weighted by atomic mass is 10.1. The number of para-hydroxylation sites is 1. The van der Waals surface area contributed by atoms with Gasteiger partial charge >= 0.3 is 0 Å². The number of aryl methyl sites for hydroxylation is 1. The number of nitrogens with one attached hydrogen (secondary N) is 2. The average molecular weight is 566 g/mol. The minimum Gasteiger partial charge on any atom is -0.383 e. The molecule has 5 aromatic rings. The average Bonchev–Trinajstić information content (AvgIpc) is 3.32. The summed E-state index contributed by atoms with van der Waals surface area (Å²) in [5.41, 5.74) is 7.50. The summed E-state index contributed by atoms with van der Waals surface area (Å²) in [4.78, 5) is 33.4. The number of hydrogen-bond donors (Lipinski definition) is 3. The normalized spacial score (nSPS) is 11.4. The van der Waals surface area contributed by atoms with Crippen LogP contribution in [0, 0.1) is 6.92 Å². The number of nitrogens with two attached hydrogens (primary N) is 1. The monoisotopic (exact) mass is 565 g/mol. The molecule has 1 amide bonds. The number of benzene rings is 3. The van der Waals surface area contributed by atoms with Crippen LogP contribution in [0.25, 0.3) is 20.8 Å². The molecule has 5 rings (SSSR count). The molecule has 0 saturated heterocycles. The summed E-state index contributed by atoms with van der Waals surface area (Å²) in [6, 6.07) is 21.1. The van der Waals surface area contributed by atoms with E-state index in [0.29, 0.717) is 25.9 Å². The Morgan fingerprint density at radius 1 is 1.03 bits per heavy atom. The molecular weight excluding hydrogens is 546 g/mol. The van der Waals surface area contributed by atoms with Gasteiger partial charge in [-0.05, 0) is 61.5 Å². The Hall–Kier alpha value is -4.19. The first-order valence-corrected chi connectivity index (χ1v) is 13.9. The number of carbonyl (C=O) groups excluding carboxylic acids is 1. The van der Waals surface area contributed by atoms with Crippen molar-refractivity contribution >= 4 is 60.6 Å². The number of carbonyl (C=O) groups is 1. The Morgan fingerprint density at radius 2 is 1.71 bits per heavy atom. The van der Waals surface area contributed by atoms with Gasteiger partial charge in [-0.2, -0.15) is 13.1 Å². The lowest BCUT2D eigenvalue weighted by Gasteiger charge is -2.17. The number of nitrogens with zero attached hydrogens (tertiary/aromatic N) is 2. The number of halogens is 1. The molecule has 0 saturated carbocycles. The van der Waals surface area contributed by atoms with E-state index in [1.165, 1.54) is 41.7 Å². The molecule has 0 aliphatic heterocycles. The van der Waals surface area contributed by atoms with Crippen molar-refractivity contribution in [2.75, 3.05) is 15.9 Å². The zero-order chi connectivity index (χ0) is 27.0. The zero-order valence-electron chi connectivity index (χ0n) is 19.8. The molecule has 0 radical (unpaired) electrons. The summed E-state index contributed by atoms with van der Waals surface area (Å²) >= 11 is 7.12. The molecule has 0 atom stereocenters. The molecule has 0 fully saturated rings. The fourth-order valence-electron chi connectivity index (χ4n) is 3.67. The maximum atomic E-state index is 13.6. The number of aromatic nitrogens is 2. The molecule has 0 spiro atoms. The fourth-order valence-corrected chi connectivity index (χ4v) is 5.79. The number of fused-ring (bicyclic) bond motifs is 1. The maximum absolute atomic E-state index is 13.6. The van der Waals surface area contributed by atoms with E-state index in [9.17, 15) is 18.0 Å². The highest BCUT2D eigenvalue weighted by Crippen LogP contribution is 2.30. The standard InChI is InChI=1S/C26H20ClN5O4S2/c1-15-6-10-17(11-7-15)29-24(33)19-14-20(25-30-21-4-2-3-5-22(21)37-25)26(34)32(23(19)28)31-38(35,36)18-12-8-16(27)9-13-18/h2-14,31H,28H2,1H3,(H,29,33). The molecule has 2 heterocycles. The minimum absolute atomic E-state index is 0.00765. The Kier molecular flexibility index (Phi) is 6.66. The molecular formula is C26H20ClN5O4S2. The van der Waals surface area contributed by atoms with Gasteiger partial charge in [0.1, 0.15) is 10.8 Å². The lowest BCUT2D eigenvalue weighted by molar-refractivity contribution is 0.102. The number of hydrogen-bond acceptors (Lipinski definition) is 7. The summed E-state index contributed by atoms with van der Waals surface area (Å²) in [7, 11) is -4.28. The first-order valence-electron chi connectivity index (χ1n) is 11.2. The third kappa shape index (κ3) is 4.99. The number of thiazole rings is 1. The minimum atomic E-state index is -4.28. The molecule has 3 aromatic carbocycles. The molecule has 0 unspecified atom stereocenters. The number of nitrogen functional groups attached to an aromatic ring is 1. The van der Waals surface area contributed by atoms with Crippen molar-refractivity contribution in [3.8, 4) is 10.6 Å². The van der Waals surface area contributed by atoms with Crippen LogP contribution in [-0.4, -0.2) is 24.0 Å². The SMILES string of the molecule is Cc1ccc(NC(=O)c2cc(-c3nc4ccccc4s3)c(=O)n(NS(=O)(=O)c3ccc(Cl)cc3)c2N)cc1. The number of anilines is 2. The Morgan fingerprint density at radius 3 is 2.39 bits per heavy atom. The molecule has 0 aliphatic rings. The zero-order valence-corrected chi connectivity index (χ0v) is 22.2. The molecule has 12 heteroatoms. The molecule has 9 nitrogen and oxygen atoms in total. The topological polar surface area (TPSA) is 136 Å². The number of rotatable bonds is 6. The van der Waals surface area contributed by atoms with Crippen LogP contribution in [0.1, 0.15) is 15.9 Å². The Bertz CT molecular complexity index is 1820. The third-order valence-electron chi connectivity index (χ3n) is 5.65. The number of sulfonamides is 1. The molecule has 2 aromatic heterocycles. The van der Waals surface area contributed by atoms with E-state index < -0.39 is 21.5 Å². The van der Waals surface area contributed by atoms with Gasteiger partial charge in [-0.15, -0.1) is 11.3 Å². The van der Waals surface area contributed by atoms with Crippen LogP contribution >= 0.6 is 22.9 Å². The molecule has 4 N–H and O–H groups in total. The van der Waals surface area contributed by atoms with E-state index in [0.717, 1.165) is 10.3 Å². The van der Waals surface area contributed by atoms with E-state index >= 15 is 0 Å². The number of pyridine rings is 1. The second-order valence-corrected chi connectivity index (χ2v) is 11.5. The van der Waals surface area contributed by atoms with E-state index in [2.05, 4.69) is 15.1 Å². The highest BCUT2D eigenvalue weighted by molar-refractivity contribution is 7.92. The van der Waals surface area contributed by atoms with Gasteiger partial charge in [0.05, 0.1) is 26.2 Å². The van der Waals surface area contributed by atoms with Gasteiger partial charge in [-0.3, -0.25) is 9.59 Å². The van der Waals surface area contributed by atoms with Crippen LogP contribution in [-0.2, 0) is 10.0 Å². The summed E-state index contributed by atoms with van der Waals surface area (Å²) < 4.78 is 27.7. The van der Waals surface area contributed by atoms with Crippen LogP contribution in [0.15, 0.2) is 88.6 Å². The Balaban J connectivity index is 1.65. The highest BCUT2D eigenvalue weighted by atomic mass is 35.5. The molecule has 38 heavy (non-hydrogen) atoms. The molecule has 0 aliphatic carbocycles. The largest absolute Gasteiger partial charge is 0.383 e. The van der Waals surface area contributed by atoms with Crippen molar-refractivity contribution in [1.82, 2.24) is 9.66 Å². The maximum Gasteiger partial charge on any atom is 0.281 e. The van der Waals surface area contributed by atoms with Crippen LogP contribution in [0.2, 0.25) is 5.02 Å². The van der Waals surface area contributed by atoms with Crippen LogP contribution < -0.4 is 21.4 Å². The van der Waals surface area contributed by atoms with Gasteiger partial charge in [-0.25, -0.2) is 9.82 Å². The van der Waals surface area contributed by atoms with Crippen molar-refractivity contribution in [2.45, 2.75) is 11.8 Å². The van der Waals surface area contributed by atoms with E-state index in [1.807, 2.05) is 37.3 Å². The van der Waals surface area contributed by atoms with E-state index in [1.54, 1.807) is 18.2 Å². The van der Waals surface area contributed by atoms with Gasteiger partial charge in [0.15, 0.2) is 0 Å². The lowest BCUT2D eigenvalue weighted by Crippen LogP contribution is -2.37. The van der Waals surface area contributed by atoms with Gasteiger partial charge < -0.3 is 11.1 Å². The summed E-state index contributed by atoms with van der Waals surface area (Å²) in [6.07, 6.45) is 0. The fraction of sp³-hybridized carbons (Fsp3) is 0.0385. The Labute approximate surface area is 226 Å². The first-order chi connectivity index (χ1) is 18.1. The van der Waals surface area contributed by atoms with Crippen molar-refractivity contribution < 1.29 is 13.2 Å². The van der Waals surface area contributed by atoms with Gasteiger partial charge in [0, 0.05) is 10.7 Å². The predicted octanol–water partition coefficient (Wildman–Crippen LogP) is 4.85. The van der Waals surface area contributed by atoms with E-state index in [4.69, 9.17) is 17.3 Å². The van der Waals surface area contributed by atoms with Crippen LogP contribution in [0.4, 0.5) is 11.5 Å². The second kappa shape index (κ2) is 9.93. The molecule has 0 bridgehead atoms. The summed E-state index contributed by atoms with van der Waals surface area (Å²) in [6.45, 7) is 1.91. The van der Waals surface area contributed by atoms with Crippen molar-refractivity contribution in [3.63, 3.8) is 0 Å². The summed E-state index contributed by atoms with van der Waals surface area (Å²) in [5.74, 6) is -1.02. The van der Waals surface area contributed by atoms with Gasteiger partial charge in [-0.1, -0.05) is 41.4 Å². The van der Waals surface area contributed by atoms with Gasteiger partial charge in [0.2, 0.25) is 0 Å². The quantitative estimate of drug-likeness (QED) is 0.269.